The molecule has 0 bridgehead atoms. The quantitative estimate of drug-likeness (QED) is 0.157. The molecule has 9 heteroatoms. The van der Waals surface area contributed by atoms with E-state index in [4.69, 9.17) is 9.47 Å². The normalized spacial score (nSPS) is 11.0. The van der Waals surface area contributed by atoms with E-state index in [1.807, 2.05) is 37.3 Å². The van der Waals surface area contributed by atoms with Crippen LogP contribution in [0.1, 0.15) is 18.1 Å². The molecule has 0 fully saturated rings. The Kier molecular flexibility index (Phi) is 7.34. The Morgan fingerprint density at radius 3 is 2.71 bits per heavy atom. The zero-order valence-corrected chi connectivity index (χ0v) is 19.9. The molecule has 1 heterocycles. The summed E-state index contributed by atoms with van der Waals surface area (Å²) < 4.78 is 12.7. The van der Waals surface area contributed by atoms with Crippen LogP contribution in [0.2, 0.25) is 0 Å². The van der Waals surface area contributed by atoms with Crippen molar-refractivity contribution < 1.29 is 14.4 Å². The van der Waals surface area contributed by atoms with Crippen molar-refractivity contribution >= 4 is 44.4 Å². The van der Waals surface area contributed by atoms with E-state index >= 15 is 0 Å². The number of fused-ring (bicyclic) bond motifs is 1. The molecule has 0 amide bonds. The fraction of sp³-hybridized carbons (Fsp3) is 0.120. The standard InChI is InChI=1S/C25H21BrN4O4/c1-2-33-23-13-17(14-28-29-24-11-10-20(15-27-24)30(31)32)12-22(26)25(23)34-16-19-8-5-7-18-6-3-4-9-21(18)19/h3-15H,2,16H2,1H3,(H,27,29)/b28-14-. The van der Waals surface area contributed by atoms with Crippen LogP contribution in [0.15, 0.2) is 82.5 Å². The molecule has 0 saturated carbocycles. The first-order chi connectivity index (χ1) is 16.5. The van der Waals surface area contributed by atoms with Gasteiger partial charge in [0.2, 0.25) is 0 Å². The Morgan fingerprint density at radius 1 is 1.12 bits per heavy atom. The molecule has 0 radical (unpaired) electrons. The number of hydrogen-bond donors (Lipinski definition) is 1. The van der Waals surface area contributed by atoms with Crippen LogP contribution < -0.4 is 14.9 Å². The molecule has 0 unspecified atom stereocenters. The van der Waals surface area contributed by atoms with E-state index in [-0.39, 0.29) is 5.69 Å². The second-order valence-electron chi connectivity index (χ2n) is 7.22. The number of pyridine rings is 1. The topological polar surface area (TPSA) is 98.9 Å². The highest BCUT2D eigenvalue weighted by Crippen LogP contribution is 2.37. The van der Waals surface area contributed by atoms with Crippen LogP contribution >= 0.6 is 15.9 Å². The van der Waals surface area contributed by atoms with Crippen LogP contribution in [0.4, 0.5) is 11.5 Å². The van der Waals surface area contributed by atoms with E-state index in [9.17, 15) is 10.1 Å². The summed E-state index contributed by atoms with van der Waals surface area (Å²) in [7, 11) is 0. The van der Waals surface area contributed by atoms with Gasteiger partial charge in [-0.15, -0.1) is 0 Å². The van der Waals surface area contributed by atoms with Gasteiger partial charge in [-0.05, 0) is 63.0 Å². The number of halogens is 1. The summed E-state index contributed by atoms with van der Waals surface area (Å²) in [6.45, 7) is 2.77. The van der Waals surface area contributed by atoms with Gasteiger partial charge in [0.25, 0.3) is 5.69 Å². The molecule has 0 spiro atoms. The third-order valence-electron chi connectivity index (χ3n) is 4.94. The maximum atomic E-state index is 10.7. The molecule has 0 saturated heterocycles. The van der Waals surface area contributed by atoms with E-state index in [0.717, 1.165) is 26.4 Å². The van der Waals surface area contributed by atoms with Crippen LogP contribution in [-0.4, -0.2) is 22.7 Å². The maximum Gasteiger partial charge on any atom is 0.287 e. The third kappa shape index (κ3) is 5.49. The maximum absolute atomic E-state index is 10.7. The molecule has 3 aromatic carbocycles. The molecule has 4 rings (SSSR count). The van der Waals surface area contributed by atoms with Gasteiger partial charge in [-0.3, -0.25) is 15.5 Å². The summed E-state index contributed by atoms with van der Waals surface area (Å²) in [5.41, 5.74) is 4.52. The monoisotopic (exact) mass is 520 g/mol. The number of aromatic nitrogens is 1. The highest BCUT2D eigenvalue weighted by molar-refractivity contribution is 9.10. The molecule has 0 aliphatic heterocycles. The lowest BCUT2D eigenvalue weighted by Crippen LogP contribution is -2.02. The summed E-state index contributed by atoms with van der Waals surface area (Å²) in [5.74, 6) is 1.59. The Morgan fingerprint density at radius 2 is 1.94 bits per heavy atom. The molecule has 4 aromatic rings. The Hall–Kier alpha value is -3.98. The fourth-order valence-corrected chi connectivity index (χ4v) is 3.94. The van der Waals surface area contributed by atoms with Gasteiger partial charge in [-0.1, -0.05) is 42.5 Å². The molecular formula is C25H21BrN4O4. The lowest BCUT2D eigenvalue weighted by atomic mass is 10.1. The van der Waals surface area contributed by atoms with E-state index < -0.39 is 4.92 Å². The van der Waals surface area contributed by atoms with Gasteiger partial charge < -0.3 is 9.47 Å². The zero-order chi connectivity index (χ0) is 23.9. The number of hydrazone groups is 1. The molecule has 0 aliphatic rings. The largest absolute Gasteiger partial charge is 0.490 e. The summed E-state index contributed by atoms with van der Waals surface area (Å²) in [5, 5.41) is 17.2. The molecule has 0 aliphatic carbocycles. The number of nitro groups is 1. The van der Waals surface area contributed by atoms with Gasteiger partial charge >= 0.3 is 0 Å². The number of hydrogen-bond acceptors (Lipinski definition) is 7. The molecule has 0 atom stereocenters. The minimum absolute atomic E-state index is 0.0843. The van der Waals surface area contributed by atoms with Crippen LogP contribution in [0.25, 0.3) is 10.8 Å². The van der Waals surface area contributed by atoms with Crippen molar-refractivity contribution in [2.24, 2.45) is 5.10 Å². The Balaban J connectivity index is 1.50. The minimum Gasteiger partial charge on any atom is -0.490 e. The van der Waals surface area contributed by atoms with Crippen molar-refractivity contribution in [2.75, 3.05) is 12.0 Å². The van der Waals surface area contributed by atoms with E-state index in [1.165, 1.54) is 18.3 Å². The van der Waals surface area contributed by atoms with Gasteiger partial charge in [0.1, 0.15) is 18.6 Å². The lowest BCUT2D eigenvalue weighted by molar-refractivity contribution is -0.385. The smallest absolute Gasteiger partial charge is 0.287 e. The predicted molar refractivity (Wildman–Crippen MR) is 136 cm³/mol. The molecule has 1 N–H and O–H groups in total. The van der Waals surface area contributed by atoms with Gasteiger partial charge in [0.15, 0.2) is 11.5 Å². The van der Waals surface area contributed by atoms with E-state index in [0.29, 0.717) is 30.5 Å². The Labute approximate surface area is 204 Å². The van der Waals surface area contributed by atoms with Crippen LogP contribution in [0, 0.1) is 10.1 Å². The lowest BCUT2D eigenvalue weighted by Gasteiger charge is -2.15. The van der Waals surface area contributed by atoms with Gasteiger partial charge in [-0.25, -0.2) is 4.98 Å². The molecule has 1 aromatic heterocycles. The van der Waals surface area contributed by atoms with Crippen LogP contribution in [0.3, 0.4) is 0 Å². The first kappa shape index (κ1) is 23.2. The average molecular weight is 521 g/mol. The van der Waals surface area contributed by atoms with Crippen LogP contribution in [-0.2, 0) is 6.61 Å². The van der Waals surface area contributed by atoms with Crippen molar-refractivity contribution in [3.63, 3.8) is 0 Å². The first-order valence-electron chi connectivity index (χ1n) is 10.5. The molecule has 172 valence electrons. The number of nitrogens with one attached hydrogen (secondary N) is 1. The zero-order valence-electron chi connectivity index (χ0n) is 18.3. The predicted octanol–water partition coefficient (Wildman–Crippen LogP) is 6.33. The average Bonchev–Trinajstić information content (AvgIpc) is 2.84. The number of rotatable bonds is 9. The van der Waals surface area contributed by atoms with Crippen molar-refractivity contribution in [2.45, 2.75) is 13.5 Å². The number of benzene rings is 3. The van der Waals surface area contributed by atoms with Crippen molar-refractivity contribution in [3.8, 4) is 11.5 Å². The minimum atomic E-state index is -0.503. The highest BCUT2D eigenvalue weighted by atomic mass is 79.9. The first-order valence-corrected chi connectivity index (χ1v) is 11.3. The van der Waals surface area contributed by atoms with Crippen molar-refractivity contribution in [3.05, 3.63) is 98.6 Å². The van der Waals surface area contributed by atoms with Gasteiger partial charge in [-0.2, -0.15) is 5.10 Å². The third-order valence-corrected chi connectivity index (χ3v) is 5.52. The second kappa shape index (κ2) is 10.8. The summed E-state index contributed by atoms with van der Waals surface area (Å²) in [4.78, 5) is 14.2. The Bertz CT molecular complexity index is 1340. The number of anilines is 1. The van der Waals surface area contributed by atoms with Crippen LogP contribution in [0.5, 0.6) is 11.5 Å². The van der Waals surface area contributed by atoms with Crippen molar-refractivity contribution in [1.29, 1.82) is 0 Å². The molecule has 8 nitrogen and oxygen atoms in total. The van der Waals surface area contributed by atoms with Gasteiger partial charge in [0.05, 0.1) is 22.2 Å². The number of nitrogens with zero attached hydrogens (tertiary/aromatic N) is 3. The second-order valence-corrected chi connectivity index (χ2v) is 8.07. The summed E-state index contributed by atoms with van der Waals surface area (Å²) >= 11 is 3.59. The molecular weight excluding hydrogens is 500 g/mol. The highest BCUT2D eigenvalue weighted by Gasteiger charge is 2.13. The summed E-state index contributed by atoms with van der Waals surface area (Å²) in [6, 6.07) is 20.9. The SMILES string of the molecule is CCOc1cc(/C=N\Nc2ccc([N+](=O)[O-])cn2)cc(Br)c1OCc1cccc2ccccc12. The van der Waals surface area contributed by atoms with Crippen molar-refractivity contribution in [1.82, 2.24) is 4.98 Å². The van der Waals surface area contributed by atoms with E-state index in [1.54, 1.807) is 6.21 Å². The fourth-order valence-electron chi connectivity index (χ4n) is 3.37. The van der Waals surface area contributed by atoms with Gasteiger partial charge in [0, 0.05) is 6.07 Å². The summed E-state index contributed by atoms with van der Waals surface area (Å²) in [6.07, 6.45) is 2.77. The van der Waals surface area contributed by atoms with E-state index in [2.05, 4.69) is 55.7 Å². The number of ether oxygens (including phenoxy) is 2. The molecule has 34 heavy (non-hydrogen) atoms.